The van der Waals surface area contributed by atoms with Crippen molar-refractivity contribution in [3.8, 4) is 0 Å². The third-order valence-electron chi connectivity index (χ3n) is 6.93. The molecule has 0 unspecified atom stereocenters. The number of hydrogen-bond acceptors (Lipinski definition) is 7. The van der Waals surface area contributed by atoms with E-state index in [2.05, 4.69) is 6.08 Å². The van der Waals surface area contributed by atoms with Gasteiger partial charge in [-0.05, 0) is 43.4 Å². The fourth-order valence-electron chi connectivity index (χ4n) is 5.39. The quantitative estimate of drug-likeness (QED) is 0.162. The maximum atomic E-state index is 13.1. The molecule has 0 N–H and O–H groups in total. The summed E-state index contributed by atoms with van der Waals surface area (Å²) in [6, 6.07) is 11.1. The number of ether oxygens (including phenoxy) is 1. The van der Waals surface area contributed by atoms with E-state index in [0.717, 1.165) is 23.0 Å². The lowest BCUT2D eigenvalue weighted by Crippen LogP contribution is -2.33. The molecule has 1 aliphatic heterocycles. The van der Waals surface area contributed by atoms with Crippen LogP contribution in [-0.4, -0.2) is 35.1 Å². The van der Waals surface area contributed by atoms with E-state index >= 15 is 0 Å². The van der Waals surface area contributed by atoms with Gasteiger partial charge in [-0.3, -0.25) is 24.5 Å². The number of hydrogen-bond donors (Lipinski definition) is 0. The van der Waals surface area contributed by atoms with Gasteiger partial charge >= 0.3 is 5.97 Å². The Morgan fingerprint density at radius 1 is 1.06 bits per heavy atom. The number of amides is 2. The fraction of sp³-hybridized carbons (Fsp3) is 0.280. The summed E-state index contributed by atoms with van der Waals surface area (Å²) < 4.78 is 5.09. The van der Waals surface area contributed by atoms with Crippen LogP contribution in [0.25, 0.3) is 0 Å². The first kappa shape index (κ1) is 21.7. The summed E-state index contributed by atoms with van der Waals surface area (Å²) in [5.41, 5.74) is 1.34. The number of allylic oxidation sites excluding steroid dienone is 2. The van der Waals surface area contributed by atoms with Crippen molar-refractivity contribution in [2.75, 3.05) is 11.5 Å². The van der Waals surface area contributed by atoms with Crippen molar-refractivity contribution >= 4 is 34.9 Å². The van der Waals surface area contributed by atoms with E-state index in [1.54, 1.807) is 12.1 Å². The molecule has 5 rings (SSSR count). The highest BCUT2D eigenvalue weighted by Gasteiger charge is 2.60. The van der Waals surface area contributed by atoms with Crippen LogP contribution in [0.1, 0.15) is 34.1 Å². The number of non-ortho nitro benzene ring substituents is 1. The van der Waals surface area contributed by atoms with E-state index in [-0.39, 0.29) is 52.3 Å². The van der Waals surface area contributed by atoms with Gasteiger partial charge in [-0.2, -0.15) is 0 Å². The van der Waals surface area contributed by atoms with Crippen LogP contribution < -0.4 is 4.90 Å². The predicted octanol–water partition coefficient (Wildman–Crippen LogP) is 3.34. The number of anilines is 1. The molecule has 1 heterocycles. The molecule has 0 radical (unpaired) electrons. The topological polar surface area (TPSA) is 124 Å². The van der Waals surface area contributed by atoms with Gasteiger partial charge in [0.05, 0.1) is 28.0 Å². The van der Waals surface area contributed by atoms with Crippen LogP contribution in [0.3, 0.4) is 0 Å². The summed E-state index contributed by atoms with van der Waals surface area (Å²) in [6.45, 7) is 1.39. The standard InChI is InChI=1S/C25H20N2O7/c1-13-8-16-11-19(13)22-21(16)23(29)26(24(22)30)17-6-3-5-15(10-17)25(31)34-12-20(28)14-4-2-7-18(9-14)27(32)33/h2-10,16,19,21-22H,11-12H2,1H3/t16-,19+,21+,22-/m0/s1. The molecule has 0 aromatic heterocycles. The van der Waals surface area contributed by atoms with Crippen molar-refractivity contribution in [3.63, 3.8) is 0 Å². The molecule has 1 saturated heterocycles. The number of fused-ring (bicyclic) bond motifs is 5. The first-order chi connectivity index (χ1) is 16.3. The van der Waals surface area contributed by atoms with Gasteiger partial charge in [0, 0.05) is 17.7 Å². The number of nitro groups is 1. The molecule has 1 saturated carbocycles. The molecular formula is C25H20N2O7. The molecule has 3 aliphatic rings. The molecule has 2 fully saturated rings. The van der Waals surface area contributed by atoms with Gasteiger partial charge < -0.3 is 4.74 Å². The van der Waals surface area contributed by atoms with Crippen LogP contribution in [0.2, 0.25) is 0 Å². The summed E-state index contributed by atoms with van der Waals surface area (Å²) in [5, 5.41) is 10.9. The van der Waals surface area contributed by atoms with Crippen molar-refractivity contribution in [2.24, 2.45) is 23.7 Å². The van der Waals surface area contributed by atoms with E-state index in [1.807, 2.05) is 6.92 Å². The van der Waals surface area contributed by atoms with Gasteiger partial charge in [0.1, 0.15) is 0 Å². The maximum Gasteiger partial charge on any atom is 0.338 e. The Hall–Kier alpha value is -4.14. The van der Waals surface area contributed by atoms with Crippen LogP contribution >= 0.6 is 0 Å². The minimum atomic E-state index is -0.808. The molecule has 2 bridgehead atoms. The van der Waals surface area contributed by atoms with Crippen LogP contribution in [0.5, 0.6) is 0 Å². The number of carbonyl (C=O) groups is 4. The molecule has 172 valence electrons. The van der Waals surface area contributed by atoms with E-state index < -0.39 is 23.3 Å². The van der Waals surface area contributed by atoms with Gasteiger partial charge in [0.25, 0.3) is 5.69 Å². The van der Waals surface area contributed by atoms with Gasteiger partial charge in [0.2, 0.25) is 17.6 Å². The zero-order valence-electron chi connectivity index (χ0n) is 18.2. The minimum Gasteiger partial charge on any atom is -0.454 e. The smallest absolute Gasteiger partial charge is 0.338 e. The van der Waals surface area contributed by atoms with Crippen LogP contribution in [-0.2, 0) is 14.3 Å². The largest absolute Gasteiger partial charge is 0.454 e. The highest BCUT2D eigenvalue weighted by Crippen LogP contribution is 2.55. The summed E-state index contributed by atoms with van der Waals surface area (Å²) in [6.07, 6.45) is 2.92. The molecule has 2 amide bonds. The second kappa shape index (κ2) is 8.02. The minimum absolute atomic E-state index is 0.0501. The van der Waals surface area contributed by atoms with E-state index in [1.165, 1.54) is 30.3 Å². The Kier molecular flexibility index (Phi) is 5.11. The highest BCUT2D eigenvalue weighted by atomic mass is 16.6. The first-order valence-electron chi connectivity index (χ1n) is 10.9. The summed E-state index contributed by atoms with van der Waals surface area (Å²) in [7, 11) is 0. The number of Topliss-reactive ketones (excluding diaryl/α,β-unsaturated/α-hetero) is 1. The van der Waals surface area contributed by atoms with Crippen LogP contribution in [0, 0.1) is 33.8 Å². The van der Waals surface area contributed by atoms with Crippen LogP contribution in [0.4, 0.5) is 11.4 Å². The number of esters is 1. The SMILES string of the molecule is CC1=C[C@H]2C[C@H]1[C@@H]1C(=O)N(c3cccc(C(=O)OCC(=O)c4cccc([N+](=O)[O-])c4)c3)C(=O)[C@@H]12. The first-order valence-corrected chi connectivity index (χ1v) is 10.9. The fourth-order valence-corrected chi connectivity index (χ4v) is 5.39. The third-order valence-corrected chi connectivity index (χ3v) is 6.93. The zero-order valence-corrected chi connectivity index (χ0v) is 18.2. The average molecular weight is 460 g/mol. The maximum absolute atomic E-state index is 13.1. The van der Waals surface area contributed by atoms with Crippen LogP contribution in [0.15, 0.2) is 60.2 Å². The summed E-state index contributed by atoms with van der Waals surface area (Å²) in [4.78, 5) is 62.5. The Morgan fingerprint density at radius 2 is 1.76 bits per heavy atom. The lowest BCUT2D eigenvalue weighted by molar-refractivity contribution is -0.384. The number of carbonyl (C=O) groups excluding carboxylic acids is 4. The Morgan fingerprint density at radius 3 is 2.53 bits per heavy atom. The average Bonchev–Trinajstić information content (AvgIpc) is 3.47. The number of nitrogens with zero attached hydrogens (tertiary/aromatic N) is 2. The van der Waals surface area contributed by atoms with E-state index in [0.29, 0.717) is 5.69 Å². The predicted molar refractivity (Wildman–Crippen MR) is 119 cm³/mol. The molecular weight excluding hydrogens is 440 g/mol. The Bertz CT molecular complexity index is 1300. The number of rotatable bonds is 6. The van der Waals surface area contributed by atoms with Crippen molar-refractivity contribution in [2.45, 2.75) is 13.3 Å². The van der Waals surface area contributed by atoms with Gasteiger partial charge in [-0.15, -0.1) is 0 Å². The molecule has 4 atom stereocenters. The molecule has 2 aromatic rings. The lowest BCUT2D eigenvalue weighted by atomic mass is 9.82. The van der Waals surface area contributed by atoms with Crippen molar-refractivity contribution in [3.05, 3.63) is 81.4 Å². The van der Waals surface area contributed by atoms with Gasteiger partial charge in [-0.1, -0.05) is 29.8 Å². The van der Waals surface area contributed by atoms with Crippen molar-refractivity contribution < 1.29 is 28.8 Å². The number of benzene rings is 2. The second-order valence-corrected chi connectivity index (χ2v) is 8.84. The molecule has 9 nitrogen and oxygen atoms in total. The lowest BCUT2D eigenvalue weighted by Gasteiger charge is -2.19. The van der Waals surface area contributed by atoms with Crippen molar-refractivity contribution in [1.29, 1.82) is 0 Å². The Balaban J connectivity index is 1.29. The van der Waals surface area contributed by atoms with Crippen molar-refractivity contribution in [1.82, 2.24) is 0 Å². The normalized spacial score (nSPS) is 24.7. The molecule has 0 spiro atoms. The number of imide groups is 1. The number of nitro benzene ring substituents is 1. The summed E-state index contributed by atoms with van der Waals surface area (Å²) >= 11 is 0. The molecule has 9 heteroatoms. The van der Waals surface area contributed by atoms with Gasteiger partial charge in [-0.25, -0.2) is 9.69 Å². The molecule has 2 aliphatic carbocycles. The molecule has 34 heavy (non-hydrogen) atoms. The van der Waals surface area contributed by atoms with Gasteiger partial charge in [0.15, 0.2) is 6.61 Å². The second-order valence-electron chi connectivity index (χ2n) is 8.84. The van der Waals surface area contributed by atoms with E-state index in [4.69, 9.17) is 4.74 Å². The zero-order chi connectivity index (χ0) is 24.1. The highest BCUT2D eigenvalue weighted by molar-refractivity contribution is 6.23. The summed E-state index contributed by atoms with van der Waals surface area (Å²) in [5.74, 6) is -2.45. The molecule has 2 aromatic carbocycles. The monoisotopic (exact) mass is 460 g/mol. The van der Waals surface area contributed by atoms with E-state index in [9.17, 15) is 29.3 Å². The third kappa shape index (κ3) is 3.40. The number of ketones is 1. The Labute approximate surface area is 194 Å².